The van der Waals surface area contributed by atoms with Crippen molar-refractivity contribution in [2.45, 2.75) is 9.79 Å². The summed E-state index contributed by atoms with van der Waals surface area (Å²) in [6.07, 6.45) is 11.8. The lowest BCUT2D eigenvalue weighted by Crippen LogP contribution is -2.01. The Morgan fingerprint density at radius 2 is 0.772 bits per heavy atom. The molecule has 0 saturated heterocycles. The first-order chi connectivity index (χ1) is 28.2. The van der Waals surface area contributed by atoms with Gasteiger partial charge in [-0.3, -0.25) is 9.97 Å². The van der Waals surface area contributed by atoms with Gasteiger partial charge >= 0.3 is 0 Å². The van der Waals surface area contributed by atoms with Gasteiger partial charge in [0.25, 0.3) is 0 Å². The summed E-state index contributed by atoms with van der Waals surface area (Å²) in [6.45, 7) is 0. The standard InChI is InChI=1S/C51H33N5S/c1-2-18-43-34(11-1)23-24-35-25-26-40(31-46(35)45-20-4-6-22-48(45)57-47-21-5-3-19-44(43)47)51-55-49(38-14-7-12-36(29-38)41-16-9-27-52-32-41)54-50(56-51)39-15-8-13-37(30-39)42-17-10-28-53-33-42/h1-33H. The van der Waals surface area contributed by atoms with Crippen LogP contribution in [0.2, 0.25) is 0 Å². The van der Waals surface area contributed by atoms with Crippen molar-refractivity contribution in [1.82, 2.24) is 24.9 Å². The van der Waals surface area contributed by atoms with E-state index >= 15 is 0 Å². The fraction of sp³-hybridized carbons (Fsp3) is 0. The zero-order valence-corrected chi connectivity index (χ0v) is 31.5. The highest BCUT2D eigenvalue weighted by molar-refractivity contribution is 7.99. The van der Waals surface area contributed by atoms with Gasteiger partial charge in [-0.2, -0.15) is 0 Å². The molecule has 57 heavy (non-hydrogen) atoms. The van der Waals surface area contributed by atoms with Crippen LogP contribution < -0.4 is 0 Å². The van der Waals surface area contributed by atoms with Crippen LogP contribution in [0.15, 0.2) is 198 Å². The minimum atomic E-state index is 0.591. The lowest BCUT2D eigenvalue weighted by atomic mass is 9.95. The van der Waals surface area contributed by atoms with E-state index < -0.39 is 0 Å². The molecule has 0 unspecified atom stereocenters. The molecule has 0 aliphatic carbocycles. The van der Waals surface area contributed by atoms with E-state index in [-0.39, 0.29) is 0 Å². The fourth-order valence-corrected chi connectivity index (χ4v) is 8.43. The second-order valence-electron chi connectivity index (χ2n) is 13.8. The Morgan fingerprint density at radius 1 is 0.316 bits per heavy atom. The highest BCUT2D eigenvalue weighted by atomic mass is 32.2. The normalized spacial score (nSPS) is 11.7. The molecule has 0 N–H and O–H groups in total. The molecule has 3 aromatic heterocycles. The number of hydrogen-bond donors (Lipinski definition) is 0. The van der Waals surface area contributed by atoms with Gasteiger partial charge in [0, 0.05) is 62.4 Å². The molecule has 0 amide bonds. The van der Waals surface area contributed by atoms with E-state index in [0.29, 0.717) is 17.5 Å². The topological polar surface area (TPSA) is 64.5 Å². The van der Waals surface area contributed by atoms with Crippen molar-refractivity contribution in [3.8, 4) is 78.7 Å². The van der Waals surface area contributed by atoms with Crippen molar-refractivity contribution < 1.29 is 0 Å². The number of benzene rings is 6. The van der Waals surface area contributed by atoms with Gasteiger partial charge in [0.05, 0.1) is 0 Å². The minimum absolute atomic E-state index is 0.591. The predicted octanol–water partition coefficient (Wildman–Crippen LogP) is 13.0. The average molecular weight is 748 g/mol. The van der Waals surface area contributed by atoms with Gasteiger partial charge in [0.2, 0.25) is 0 Å². The van der Waals surface area contributed by atoms with E-state index in [1.807, 2.05) is 36.7 Å². The van der Waals surface area contributed by atoms with Gasteiger partial charge in [-0.25, -0.2) is 15.0 Å². The van der Waals surface area contributed by atoms with Crippen molar-refractivity contribution in [3.05, 3.63) is 200 Å². The lowest BCUT2D eigenvalue weighted by molar-refractivity contribution is 1.07. The second kappa shape index (κ2) is 15.1. The van der Waals surface area contributed by atoms with Crippen LogP contribution in [0, 0.1) is 0 Å². The van der Waals surface area contributed by atoms with Crippen LogP contribution in [-0.2, 0) is 0 Å². The number of nitrogens with zero attached hydrogens (tertiary/aromatic N) is 5. The SMILES string of the molecule is C1=Cc2ccc(-c3nc(-c4cccc(-c5cccnc5)c4)nc(-c4cccc(-c5cccnc5)c4)n3)cc2-c2ccccc2Sc2ccccc2-c2ccccc21. The third-order valence-corrected chi connectivity index (χ3v) is 11.3. The first-order valence-electron chi connectivity index (χ1n) is 18.8. The van der Waals surface area contributed by atoms with E-state index in [2.05, 4.69) is 162 Å². The van der Waals surface area contributed by atoms with Gasteiger partial charge < -0.3 is 0 Å². The average Bonchev–Trinajstić information content (AvgIpc) is 3.31. The van der Waals surface area contributed by atoms with Crippen LogP contribution in [0.1, 0.15) is 11.1 Å². The molecule has 10 rings (SSSR count). The van der Waals surface area contributed by atoms with E-state index in [1.165, 1.54) is 26.5 Å². The smallest absolute Gasteiger partial charge is 0.164 e. The molecule has 6 heteroatoms. The van der Waals surface area contributed by atoms with Crippen molar-refractivity contribution in [2.75, 3.05) is 0 Å². The number of fused-ring (bicyclic) bond motifs is 6. The quantitative estimate of drug-likeness (QED) is 0.175. The Labute approximate surface area is 335 Å². The molecule has 6 aromatic carbocycles. The molecule has 4 heterocycles. The van der Waals surface area contributed by atoms with Crippen LogP contribution in [0.3, 0.4) is 0 Å². The van der Waals surface area contributed by atoms with Gasteiger partial charge in [0.1, 0.15) is 0 Å². The van der Waals surface area contributed by atoms with Crippen LogP contribution in [0.5, 0.6) is 0 Å². The number of aromatic nitrogens is 5. The Balaban J connectivity index is 1.16. The molecule has 268 valence electrons. The Kier molecular flexibility index (Phi) is 9.07. The molecular formula is C51H33N5S. The van der Waals surface area contributed by atoms with E-state index in [1.54, 1.807) is 24.2 Å². The maximum absolute atomic E-state index is 5.20. The molecule has 0 atom stereocenters. The predicted molar refractivity (Wildman–Crippen MR) is 233 cm³/mol. The molecule has 0 bridgehead atoms. The highest BCUT2D eigenvalue weighted by Gasteiger charge is 2.19. The van der Waals surface area contributed by atoms with Gasteiger partial charge in [-0.05, 0) is 87.0 Å². The molecule has 0 radical (unpaired) electrons. The summed E-state index contributed by atoms with van der Waals surface area (Å²) in [4.78, 5) is 26.6. The lowest BCUT2D eigenvalue weighted by Gasteiger charge is -2.15. The molecule has 9 aromatic rings. The van der Waals surface area contributed by atoms with Gasteiger partial charge in [-0.15, -0.1) is 0 Å². The van der Waals surface area contributed by atoms with E-state index in [4.69, 9.17) is 15.0 Å². The van der Waals surface area contributed by atoms with Crippen molar-refractivity contribution in [3.63, 3.8) is 0 Å². The van der Waals surface area contributed by atoms with Crippen LogP contribution >= 0.6 is 11.8 Å². The monoisotopic (exact) mass is 747 g/mol. The summed E-state index contributed by atoms with van der Waals surface area (Å²) in [5, 5.41) is 0. The summed E-state index contributed by atoms with van der Waals surface area (Å²) in [5.41, 5.74) is 13.8. The summed E-state index contributed by atoms with van der Waals surface area (Å²) < 4.78 is 0. The Morgan fingerprint density at radius 3 is 1.33 bits per heavy atom. The summed E-state index contributed by atoms with van der Waals surface area (Å²) in [7, 11) is 0. The van der Waals surface area contributed by atoms with Gasteiger partial charge in [0.15, 0.2) is 17.5 Å². The molecule has 1 aliphatic rings. The Bertz CT molecular complexity index is 2840. The van der Waals surface area contributed by atoms with E-state index in [9.17, 15) is 0 Å². The maximum atomic E-state index is 5.20. The van der Waals surface area contributed by atoms with Crippen molar-refractivity contribution in [2.24, 2.45) is 0 Å². The highest BCUT2D eigenvalue weighted by Crippen LogP contribution is 2.44. The van der Waals surface area contributed by atoms with Gasteiger partial charge in [-0.1, -0.05) is 145 Å². The number of pyridine rings is 2. The first kappa shape index (κ1) is 34.2. The third kappa shape index (κ3) is 6.95. The van der Waals surface area contributed by atoms with Crippen molar-refractivity contribution >= 4 is 23.9 Å². The number of hydrogen-bond acceptors (Lipinski definition) is 6. The fourth-order valence-electron chi connectivity index (χ4n) is 7.32. The summed E-state index contributed by atoms with van der Waals surface area (Å²) in [6, 6.07) is 57.1. The molecule has 5 nitrogen and oxygen atoms in total. The molecule has 0 fully saturated rings. The molecule has 1 aliphatic heterocycles. The molecule has 0 spiro atoms. The second-order valence-corrected chi connectivity index (χ2v) is 14.9. The minimum Gasteiger partial charge on any atom is -0.264 e. The summed E-state index contributed by atoms with van der Waals surface area (Å²) >= 11 is 1.80. The molecular weight excluding hydrogens is 715 g/mol. The molecule has 0 saturated carbocycles. The number of rotatable bonds is 5. The van der Waals surface area contributed by atoms with Crippen molar-refractivity contribution in [1.29, 1.82) is 0 Å². The zero-order valence-electron chi connectivity index (χ0n) is 30.7. The Hall–Kier alpha value is -7.28. The summed E-state index contributed by atoms with van der Waals surface area (Å²) in [5.74, 6) is 1.77. The zero-order chi connectivity index (χ0) is 38.0. The third-order valence-electron chi connectivity index (χ3n) is 10.2. The van der Waals surface area contributed by atoms with Crippen LogP contribution in [0.25, 0.3) is 90.8 Å². The first-order valence-corrected chi connectivity index (χ1v) is 19.6. The largest absolute Gasteiger partial charge is 0.264 e. The van der Waals surface area contributed by atoms with Crippen LogP contribution in [0.4, 0.5) is 0 Å². The maximum Gasteiger partial charge on any atom is 0.164 e. The van der Waals surface area contributed by atoms with Crippen LogP contribution in [-0.4, -0.2) is 24.9 Å². The van der Waals surface area contributed by atoms with E-state index in [0.717, 1.165) is 55.6 Å².